The van der Waals surface area contributed by atoms with E-state index in [1.165, 1.54) is 0 Å². The van der Waals surface area contributed by atoms with Crippen LogP contribution in [0.2, 0.25) is 0 Å². The highest BCUT2D eigenvalue weighted by Crippen LogP contribution is 2.51. The second kappa shape index (κ2) is 6.13. The van der Waals surface area contributed by atoms with Gasteiger partial charge in [-0.25, -0.2) is 9.53 Å². The van der Waals surface area contributed by atoms with Crippen LogP contribution in [0.25, 0.3) is 0 Å². The number of hydrogen-bond acceptors (Lipinski definition) is 3. The number of ether oxygens (including phenoxy) is 2. The molecule has 0 unspecified atom stereocenters. The largest absolute Gasteiger partial charge is 0.462 e. The molecule has 0 saturated heterocycles. The SMILES string of the molecule is C=CC(=O)OCC(F)(F)C(F)(F)OC(F)(F)C(F)(F)C(F)(F)F. The Labute approximate surface area is 119 Å². The van der Waals surface area contributed by atoms with Gasteiger partial charge in [-0.1, -0.05) is 6.58 Å². The van der Waals surface area contributed by atoms with Gasteiger partial charge < -0.3 is 4.74 Å². The summed E-state index contributed by atoms with van der Waals surface area (Å²) in [6, 6.07) is 0. The third kappa shape index (κ3) is 4.45. The van der Waals surface area contributed by atoms with Crippen LogP contribution in [-0.2, 0) is 14.3 Å². The summed E-state index contributed by atoms with van der Waals surface area (Å²) in [6.45, 7) is 0.00559. The zero-order valence-corrected chi connectivity index (χ0v) is 10.4. The first kappa shape index (κ1) is 21.4. The third-order valence-corrected chi connectivity index (χ3v) is 1.97. The standard InChI is InChI=1S/C9H5F11O3/c1-2-4(21)22-3-5(10,11)8(17,18)23-9(19,20)6(12,13)7(14,15)16/h2H,1,3H2. The van der Waals surface area contributed by atoms with Crippen LogP contribution >= 0.6 is 0 Å². The van der Waals surface area contributed by atoms with Crippen molar-refractivity contribution in [2.75, 3.05) is 6.61 Å². The highest BCUT2D eigenvalue weighted by Gasteiger charge is 2.78. The van der Waals surface area contributed by atoms with Crippen molar-refractivity contribution >= 4 is 5.97 Å². The van der Waals surface area contributed by atoms with Gasteiger partial charge in [0.1, 0.15) is 0 Å². The van der Waals surface area contributed by atoms with Gasteiger partial charge in [-0.2, -0.15) is 48.3 Å². The molecule has 0 heterocycles. The molecule has 0 aromatic carbocycles. The molecule has 23 heavy (non-hydrogen) atoms. The lowest BCUT2D eigenvalue weighted by Gasteiger charge is -2.33. The van der Waals surface area contributed by atoms with Crippen molar-refractivity contribution in [3.8, 4) is 0 Å². The zero-order chi connectivity index (χ0) is 18.9. The van der Waals surface area contributed by atoms with Crippen molar-refractivity contribution in [3.05, 3.63) is 12.7 Å². The van der Waals surface area contributed by atoms with Crippen LogP contribution in [-0.4, -0.2) is 42.8 Å². The van der Waals surface area contributed by atoms with Crippen molar-refractivity contribution in [2.24, 2.45) is 0 Å². The fourth-order valence-electron chi connectivity index (χ4n) is 0.769. The molecular weight excluding hydrogens is 365 g/mol. The summed E-state index contributed by atoms with van der Waals surface area (Å²) < 4.78 is 141. The van der Waals surface area contributed by atoms with E-state index in [1.807, 2.05) is 0 Å². The quantitative estimate of drug-likeness (QED) is 0.389. The van der Waals surface area contributed by atoms with Crippen LogP contribution in [0.15, 0.2) is 12.7 Å². The monoisotopic (exact) mass is 370 g/mol. The predicted molar refractivity (Wildman–Crippen MR) is 48.1 cm³/mol. The van der Waals surface area contributed by atoms with Crippen molar-refractivity contribution in [1.82, 2.24) is 0 Å². The van der Waals surface area contributed by atoms with E-state index in [2.05, 4.69) is 11.3 Å². The lowest BCUT2D eigenvalue weighted by Crippen LogP contribution is -2.59. The van der Waals surface area contributed by atoms with Gasteiger partial charge in [0.25, 0.3) is 0 Å². The molecule has 136 valence electrons. The van der Waals surface area contributed by atoms with Crippen molar-refractivity contribution in [2.45, 2.75) is 30.2 Å². The van der Waals surface area contributed by atoms with Crippen LogP contribution in [0, 0.1) is 0 Å². The third-order valence-electron chi connectivity index (χ3n) is 1.97. The maximum absolute atomic E-state index is 12.9. The zero-order valence-electron chi connectivity index (χ0n) is 10.4. The number of carbonyl (C=O) groups excluding carboxylic acids is 1. The minimum absolute atomic E-state index is 0.196. The Kier molecular flexibility index (Phi) is 5.70. The average Bonchev–Trinajstić information content (AvgIpc) is 2.32. The Bertz CT molecular complexity index is 454. The number of esters is 1. The summed E-state index contributed by atoms with van der Waals surface area (Å²) in [5, 5.41) is 0. The van der Waals surface area contributed by atoms with E-state index in [0.29, 0.717) is 0 Å². The number of rotatable bonds is 7. The summed E-state index contributed by atoms with van der Waals surface area (Å²) in [5.74, 6) is -14.8. The van der Waals surface area contributed by atoms with E-state index in [-0.39, 0.29) is 6.08 Å². The Morgan fingerprint density at radius 1 is 0.870 bits per heavy atom. The van der Waals surface area contributed by atoms with Gasteiger partial charge in [0, 0.05) is 6.08 Å². The molecule has 0 N–H and O–H groups in total. The molecule has 0 aromatic heterocycles. The number of alkyl halides is 11. The van der Waals surface area contributed by atoms with Gasteiger partial charge in [-0.3, -0.25) is 0 Å². The van der Waals surface area contributed by atoms with Crippen LogP contribution in [0.1, 0.15) is 0 Å². The number of halogens is 11. The van der Waals surface area contributed by atoms with Crippen LogP contribution in [0.3, 0.4) is 0 Å². The molecular formula is C9H5F11O3. The fraction of sp³-hybridized carbons (Fsp3) is 0.667. The first-order chi connectivity index (χ1) is 9.91. The molecule has 0 atom stereocenters. The van der Waals surface area contributed by atoms with Crippen LogP contribution in [0.4, 0.5) is 48.3 Å². The first-order valence-electron chi connectivity index (χ1n) is 4.98. The summed E-state index contributed by atoms with van der Waals surface area (Å²) >= 11 is 0. The van der Waals surface area contributed by atoms with Crippen molar-refractivity contribution in [3.63, 3.8) is 0 Å². The molecule has 0 aliphatic rings. The lowest BCUT2D eigenvalue weighted by atomic mass is 10.3. The summed E-state index contributed by atoms with van der Waals surface area (Å²) in [7, 11) is 0. The van der Waals surface area contributed by atoms with Crippen LogP contribution in [0.5, 0.6) is 0 Å². The van der Waals surface area contributed by atoms with E-state index in [0.717, 1.165) is 0 Å². The lowest BCUT2D eigenvalue weighted by molar-refractivity contribution is -0.497. The van der Waals surface area contributed by atoms with E-state index in [1.54, 1.807) is 4.74 Å². The first-order valence-corrected chi connectivity index (χ1v) is 4.98. The second-order valence-corrected chi connectivity index (χ2v) is 3.72. The molecule has 3 nitrogen and oxygen atoms in total. The van der Waals surface area contributed by atoms with Gasteiger partial charge in [-0.05, 0) is 0 Å². The maximum Gasteiger partial charge on any atom is 0.462 e. The fourth-order valence-corrected chi connectivity index (χ4v) is 0.769. The molecule has 0 fully saturated rings. The molecule has 0 rings (SSSR count). The molecule has 0 saturated carbocycles. The van der Waals surface area contributed by atoms with E-state index >= 15 is 0 Å². The smallest absolute Gasteiger partial charge is 0.456 e. The molecule has 0 spiro atoms. The highest BCUT2D eigenvalue weighted by atomic mass is 19.4. The molecule has 0 aliphatic carbocycles. The normalized spacial score (nSPS) is 14.6. The molecule has 0 amide bonds. The molecule has 0 aliphatic heterocycles. The molecule has 0 radical (unpaired) electrons. The Morgan fingerprint density at radius 3 is 1.65 bits per heavy atom. The minimum atomic E-state index is -7.20. The van der Waals surface area contributed by atoms with E-state index in [9.17, 15) is 53.1 Å². The van der Waals surface area contributed by atoms with Crippen molar-refractivity contribution in [1.29, 1.82) is 0 Å². The van der Waals surface area contributed by atoms with Gasteiger partial charge in [0.05, 0.1) is 0 Å². The molecule has 14 heteroatoms. The summed E-state index contributed by atoms with van der Waals surface area (Å²) in [6.07, 6.45) is -20.5. The topological polar surface area (TPSA) is 35.5 Å². The number of carbonyl (C=O) groups is 1. The van der Waals surface area contributed by atoms with Crippen LogP contribution < -0.4 is 0 Å². The van der Waals surface area contributed by atoms with Gasteiger partial charge >= 0.3 is 36.2 Å². The van der Waals surface area contributed by atoms with Gasteiger partial charge in [0.2, 0.25) is 0 Å². The Morgan fingerprint density at radius 2 is 1.30 bits per heavy atom. The van der Waals surface area contributed by atoms with Gasteiger partial charge in [-0.15, -0.1) is 0 Å². The predicted octanol–water partition coefficient (Wildman–Crippen LogP) is 3.75. The minimum Gasteiger partial charge on any atom is -0.456 e. The van der Waals surface area contributed by atoms with Crippen molar-refractivity contribution < 1.29 is 62.6 Å². The summed E-state index contributed by atoms with van der Waals surface area (Å²) in [5.41, 5.74) is 0. The molecule has 0 aromatic rings. The highest BCUT2D eigenvalue weighted by molar-refractivity contribution is 5.81. The van der Waals surface area contributed by atoms with E-state index < -0.39 is 42.8 Å². The summed E-state index contributed by atoms with van der Waals surface area (Å²) in [4.78, 5) is 10.4. The Balaban J connectivity index is 5.37. The molecule has 0 bridgehead atoms. The average molecular weight is 370 g/mol. The number of hydrogen-bond donors (Lipinski definition) is 0. The van der Waals surface area contributed by atoms with Gasteiger partial charge in [0.15, 0.2) is 6.61 Å². The van der Waals surface area contributed by atoms with E-state index in [4.69, 9.17) is 0 Å². The maximum atomic E-state index is 12.9. The Hall–Kier alpha value is -1.60. The second-order valence-electron chi connectivity index (χ2n) is 3.72.